The van der Waals surface area contributed by atoms with Crippen LogP contribution in [0.25, 0.3) is 42.2 Å². The molecule has 0 aliphatic rings. The predicted molar refractivity (Wildman–Crippen MR) is 204 cm³/mol. The topological polar surface area (TPSA) is 50.2 Å². The maximum absolute atomic E-state index is 15.5. The molecule has 8 heteroatoms. The van der Waals surface area contributed by atoms with Crippen molar-refractivity contribution >= 4 is 56.1 Å². The number of halogens is 2. The van der Waals surface area contributed by atoms with Crippen molar-refractivity contribution in [2.45, 2.75) is 98.3 Å². The molecule has 0 amide bonds. The van der Waals surface area contributed by atoms with E-state index in [2.05, 4.69) is 38.1 Å². The molecule has 0 atom stereocenters. The third kappa shape index (κ3) is 8.58. The number of pyridine rings is 1. The minimum absolute atomic E-state index is 0. The van der Waals surface area contributed by atoms with Gasteiger partial charge in [0.2, 0.25) is 0 Å². The van der Waals surface area contributed by atoms with E-state index >= 15 is 8.78 Å². The summed E-state index contributed by atoms with van der Waals surface area (Å²) in [5.74, 6) is 0.887. The van der Waals surface area contributed by atoms with Gasteiger partial charge in [0, 0.05) is 70.3 Å². The second kappa shape index (κ2) is 17.0. The fraction of sp³-hybridized carbons (Fsp3) is 0.415. The normalized spacial score (nSPS) is 12.6. The quantitative estimate of drug-likeness (QED) is 0.0622. The Kier molecular flexibility index (Phi) is 14.1. The zero-order valence-electron chi connectivity index (χ0n) is 30.2. The number of carbonyl (C=O) groups is 1. The van der Waals surface area contributed by atoms with Crippen LogP contribution < -0.4 is 0 Å². The number of carbonyl (C=O) groups excluding carboxylic acids is 1. The first-order valence-electron chi connectivity index (χ1n) is 17.3. The molecule has 0 unspecified atom stereocenters. The van der Waals surface area contributed by atoms with Crippen LogP contribution in [0.4, 0.5) is 8.78 Å². The molecule has 265 valence electrons. The number of benzene rings is 3. The SMILES string of the molecule is CC(C)c1cc(-c2nccc3c2sc2c(C(F)(F)[Si](C)(C)C)cccc23)[c-]c2ccccc12.CCC(CC)C(=O)/C=C(\O)C(CC)CC.[Ir]. The summed E-state index contributed by atoms with van der Waals surface area (Å²) in [6.45, 7) is 17.6. The Bertz CT molecular complexity index is 1920. The fourth-order valence-electron chi connectivity index (χ4n) is 6.21. The first-order valence-corrected chi connectivity index (χ1v) is 21.6. The molecule has 5 aromatic rings. The first-order chi connectivity index (χ1) is 22.7. The second-order valence-corrected chi connectivity index (χ2v) is 20.1. The molecule has 3 aromatic carbocycles. The average Bonchev–Trinajstić information content (AvgIpc) is 3.44. The number of aromatic nitrogens is 1. The van der Waals surface area contributed by atoms with Gasteiger partial charge in [0.15, 0.2) is 5.78 Å². The van der Waals surface area contributed by atoms with Gasteiger partial charge in [-0.25, -0.2) is 8.78 Å². The number of allylic oxidation sites excluding steroid dienone is 2. The van der Waals surface area contributed by atoms with Crippen molar-refractivity contribution in [3.63, 3.8) is 0 Å². The number of hydrogen-bond donors (Lipinski definition) is 1. The second-order valence-electron chi connectivity index (χ2n) is 14.0. The van der Waals surface area contributed by atoms with Crippen molar-refractivity contribution in [1.82, 2.24) is 4.98 Å². The number of rotatable bonds is 11. The van der Waals surface area contributed by atoms with Crippen LogP contribution in [0, 0.1) is 17.9 Å². The van der Waals surface area contributed by atoms with E-state index in [1.54, 1.807) is 38.0 Å². The molecule has 1 N–H and O–H groups in total. The number of thiophene rings is 1. The van der Waals surface area contributed by atoms with Crippen molar-refractivity contribution < 1.29 is 38.8 Å². The van der Waals surface area contributed by atoms with E-state index in [1.807, 2.05) is 52.0 Å². The van der Waals surface area contributed by atoms with Crippen molar-refractivity contribution in [3.05, 3.63) is 89.8 Å². The van der Waals surface area contributed by atoms with Gasteiger partial charge >= 0.3 is 0 Å². The Morgan fingerprint density at radius 2 is 1.49 bits per heavy atom. The maximum atomic E-state index is 15.5. The van der Waals surface area contributed by atoms with Gasteiger partial charge in [-0.05, 0) is 43.1 Å². The van der Waals surface area contributed by atoms with Gasteiger partial charge in [0.1, 0.15) is 8.07 Å². The smallest absolute Gasteiger partial charge is 0.254 e. The Balaban J connectivity index is 0.000000347. The first kappa shape index (κ1) is 40.7. The standard InChI is InChI=1S/C28H26F2NSSi.C13H24O2.Ir/c1-17(2)23-16-19(15-18-9-6-7-10-20(18)23)25-27-22(13-14-31-25)21-11-8-12-24(26(21)32-27)28(29,30)33(3,4)5;1-5-10(6-2)12(14)9-13(15)11(7-3)8-4;/h6-14,16-17H,1-5H3;9-11,14H,5-8H2,1-4H3;/q-1;;/b;12-9-;. The summed E-state index contributed by atoms with van der Waals surface area (Å²) in [6.07, 6.45) is 6.69. The molecule has 0 aliphatic carbocycles. The Labute approximate surface area is 309 Å². The number of fused-ring (bicyclic) bond motifs is 4. The molecule has 0 spiro atoms. The van der Waals surface area contributed by atoms with Gasteiger partial charge in [-0.1, -0.05) is 109 Å². The minimum atomic E-state index is -2.82. The largest absolute Gasteiger partial charge is 0.512 e. The summed E-state index contributed by atoms with van der Waals surface area (Å²) in [5.41, 5.74) is 0.291. The van der Waals surface area contributed by atoms with Crippen LogP contribution in [-0.2, 0) is 30.4 Å². The van der Waals surface area contributed by atoms with E-state index in [9.17, 15) is 9.90 Å². The van der Waals surface area contributed by atoms with E-state index < -0.39 is 13.6 Å². The summed E-state index contributed by atoms with van der Waals surface area (Å²) < 4.78 is 32.6. The Morgan fingerprint density at radius 3 is 2.08 bits per heavy atom. The van der Waals surface area contributed by atoms with Gasteiger partial charge in [-0.2, -0.15) is 0 Å². The zero-order valence-corrected chi connectivity index (χ0v) is 34.4. The fourth-order valence-corrected chi connectivity index (χ4v) is 8.66. The summed E-state index contributed by atoms with van der Waals surface area (Å²) >= 11 is 1.43. The van der Waals surface area contributed by atoms with Crippen LogP contribution in [0.5, 0.6) is 0 Å². The Hall–Kier alpha value is -2.77. The summed E-state index contributed by atoms with van der Waals surface area (Å²) in [5, 5.41) is 13.8. The van der Waals surface area contributed by atoms with Crippen LogP contribution in [0.1, 0.15) is 84.3 Å². The van der Waals surface area contributed by atoms with Gasteiger partial charge in [0.25, 0.3) is 5.55 Å². The van der Waals surface area contributed by atoms with Gasteiger partial charge < -0.3 is 5.11 Å². The van der Waals surface area contributed by atoms with E-state index in [4.69, 9.17) is 4.98 Å². The molecule has 0 fully saturated rings. The number of alkyl halides is 2. The van der Waals surface area contributed by atoms with Crippen LogP contribution in [0.3, 0.4) is 0 Å². The monoisotopic (exact) mass is 879 g/mol. The van der Waals surface area contributed by atoms with Crippen molar-refractivity contribution in [2.75, 3.05) is 0 Å². The summed E-state index contributed by atoms with van der Waals surface area (Å²) in [4.78, 5) is 16.4. The Morgan fingerprint density at radius 1 is 0.898 bits per heavy atom. The number of aliphatic hydroxyl groups is 1. The van der Waals surface area contributed by atoms with Crippen LogP contribution in [0.2, 0.25) is 19.6 Å². The number of nitrogens with zero attached hydrogens (tertiary/aromatic N) is 1. The molecular weight excluding hydrogens is 829 g/mol. The molecule has 2 aromatic heterocycles. The van der Waals surface area contributed by atoms with Crippen LogP contribution in [-0.4, -0.2) is 23.9 Å². The summed E-state index contributed by atoms with van der Waals surface area (Å²) in [7, 11) is -2.77. The average molecular weight is 879 g/mol. The number of hydrogen-bond acceptors (Lipinski definition) is 4. The molecule has 0 aliphatic heterocycles. The molecule has 2 heterocycles. The maximum Gasteiger partial charge on any atom is 0.254 e. The number of aliphatic hydroxyl groups excluding tert-OH is 1. The molecule has 3 nitrogen and oxygen atoms in total. The summed E-state index contributed by atoms with van der Waals surface area (Å²) in [6, 6.07) is 21.2. The van der Waals surface area contributed by atoms with Crippen molar-refractivity contribution in [2.24, 2.45) is 11.8 Å². The predicted octanol–water partition coefficient (Wildman–Crippen LogP) is 13.0. The van der Waals surface area contributed by atoms with Gasteiger partial charge in [-0.15, -0.1) is 40.5 Å². The van der Waals surface area contributed by atoms with E-state index in [0.29, 0.717) is 10.6 Å². The van der Waals surface area contributed by atoms with E-state index in [0.717, 1.165) is 57.8 Å². The minimum Gasteiger partial charge on any atom is -0.512 e. The molecule has 1 radical (unpaired) electrons. The third-order valence-corrected chi connectivity index (χ3v) is 12.9. The van der Waals surface area contributed by atoms with Crippen molar-refractivity contribution in [1.29, 1.82) is 0 Å². The van der Waals surface area contributed by atoms with Gasteiger partial charge in [-0.3, -0.25) is 9.78 Å². The molecule has 0 saturated carbocycles. The molecule has 49 heavy (non-hydrogen) atoms. The van der Waals surface area contributed by atoms with E-state index in [-0.39, 0.29) is 49.0 Å². The molecular formula is C41H50F2IrNO2SSi-. The molecule has 5 rings (SSSR count). The molecule has 0 saturated heterocycles. The zero-order chi connectivity index (χ0) is 35.4. The van der Waals surface area contributed by atoms with Gasteiger partial charge in [0.05, 0.1) is 5.76 Å². The van der Waals surface area contributed by atoms with E-state index in [1.165, 1.54) is 28.4 Å². The van der Waals surface area contributed by atoms with Crippen molar-refractivity contribution in [3.8, 4) is 11.3 Å². The van der Waals surface area contributed by atoms with Crippen LogP contribution in [0.15, 0.2) is 72.6 Å². The van der Waals surface area contributed by atoms with Crippen LogP contribution >= 0.6 is 11.3 Å². The number of ketones is 1. The third-order valence-electron chi connectivity index (χ3n) is 9.46. The molecule has 0 bridgehead atoms.